The number of ether oxygens (including phenoxy) is 1. The Balaban J connectivity index is 0.000000276. The summed E-state index contributed by atoms with van der Waals surface area (Å²) in [4.78, 5) is 6.97. The minimum Gasteiger partial charge on any atom is -0.434 e. The highest BCUT2D eigenvalue weighted by atomic mass is 19.2. The van der Waals surface area contributed by atoms with Crippen LogP contribution in [0.1, 0.15) is 5.56 Å². The van der Waals surface area contributed by atoms with Gasteiger partial charge in [0, 0.05) is 16.2 Å². The number of hydrogen-bond donors (Lipinski definition) is 0. The molecule has 0 aliphatic carbocycles. The summed E-state index contributed by atoms with van der Waals surface area (Å²) in [5.74, 6) is -70.4. The van der Waals surface area contributed by atoms with Gasteiger partial charge in [0.25, 0.3) is 5.88 Å². The molecule has 1 heterocycles. The minimum absolute atomic E-state index is 0.474. The minimum atomic E-state index is -7.22. The average Bonchev–Trinajstić information content (AvgIpc) is 3.32. The van der Waals surface area contributed by atoms with Gasteiger partial charge in [-0.05, 0) is 17.7 Å². The standard InChI is InChI=1S/C24BF20.C17H14N5O/c26-5-1(6(27)14(35)21(42)13(5)34)25(2-7(28)15(36)22(43)16(37)8(2)29,3-9(30)17(38)23(44)18(39)10(3)31)4-11(32)19(40)24(45)20(41)12(4)33;18-21-20-15-7-4-8-16(11-15)23-17-13-22(10-9-19-17)12-14-5-2-1-3-6-14/h;1-11,13H,12H2/q-1;+1. The molecule has 0 N–H and O–H groups in total. The van der Waals surface area contributed by atoms with Crippen LogP contribution in [-0.2, 0) is 6.54 Å². The molecule has 0 unspecified atom stereocenters. The van der Waals surface area contributed by atoms with E-state index in [1.54, 1.807) is 30.5 Å². The van der Waals surface area contributed by atoms with Gasteiger partial charge in [-0.3, -0.25) is 0 Å². The first kappa shape index (κ1) is 49.6. The molecule has 27 heteroatoms. The second-order valence-corrected chi connectivity index (χ2v) is 13.6. The molecule has 68 heavy (non-hydrogen) atoms. The molecule has 352 valence electrons. The fraction of sp³-hybridized carbons (Fsp3) is 0.0244. The maximum absolute atomic E-state index is 15.4. The number of benzene rings is 6. The Hall–Kier alpha value is -7.83. The number of rotatable bonds is 9. The van der Waals surface area contributed by atoms with Crippen molar-refractivity contribution >= 4 is 33.7 Å². The fourth-order valence-corrected chi connectivity index (χ4v) is 7.01. The summed E-state index contributed by atoms with van der Waals surface area (Å²) in [5.41, 5.74) is -4.16. The largest absolute Gasteiger partial charge is 0.434 e. The van der Waals surface area contributed by atoms with E-state index in [4.69, 9.17) is 10.3 Å². The molecular weight excluding hydrogens is 969 g/mol. The summed E-state index contributed by atoms with van der Waals surface area (Å²) in [6.07, 6.45) is -1.82. The molecule has 0 fully saturated rings. The Morgan fingerprint density at radius 1 is 0.471 bits per heavy atom. The van der Waals surface area contributed by atoms with E-state index in [9.17, 15) is 52.7 Å². The van der Waals surface area contributed by atoms with Crippen molar-refractivity contribution in [2.75, 3.05) is 0 Å². The van der Waals surface area contributed by atoms with Crippen LogP contribution in [0.2, 0.25) is 0 Å². The summed E-state index contributed by atoms with van der Waals surface area (Å²) >= 11 is 0. The van der Waals surface area contributed by atoms with E-state index < -0.39 is 144 Å². The highest BCUT2D eigenvalue weighted by Gasteiger charge is 2.52. The molecule has 0 spiro atoms. The number of halogens is 20. The lowest BCUT2D eigenvalue weighted by molar-refractivity contribution is -0.689. The molecule has 0 bridgehead atoms. The third-order valence-corrected chi connectivity index (χ3v) is 9.85. The van der Waals surface area contributed by atoms with Gasteiger partial charge in [-0.1, -0.05) is 47.6 Å². The van der Waals surface area contributed by atoms with E-state index in [2.05, 4.69) is 27.1 Å². The molecule has 1 aromatic heterocycles. The van der Waals surface area contributed by atoms with Crippen molar-refractivity contribution in [3.63, 3.8) is 0 Å². The van der Waals surface area contributed by atoms with Crippen molar-refractivity contribution < 1.29 is 97.1 Å². The fourth-order valence-electron chi connectivity index (χ4n) is 7.01. The third kappa shape index (κ3) is 8.32. The lowest BCUT2D eigenvalue weighted by Gasteiger charge is -2.44. The maximum atomic E-state index is 15.4. The van der Waals surface area contributed by atoms with E-state index in [0.29, 0.717) is 17.3 Å². The molecule has 0 aliphatic heterocycles. The summed E-state index contributed by atoms with van der Waals surface area (Å²) in [5, 5.41) is 3.56. The molecule has 6 nitrogen and oxygen atoms in total. The van der Waals surface area contributed by atoms with Crippen LogP contribution in [0, 0.1) is 116 Å². The Morgan fingerprint density at radius 2 is 0.824 bits per heavy atom. The van der Waals surface area contributed by atoms with Crippen LogP contribution in [0.3, 0.4) is 0 Å². The van der Waals surface area contributed by atoms with Crippen molar-refractivity contribution in [1.29, 1.82) is 0 Å². The van der Waals surface area contributed by atoms with Crippen LogP contribution in [0.15, 0.2) is 78.3 Å². The van der Waals surface area contributed by atoms with Gasteiger partial charge in [-0.15, -0.1) is 21.9 Å². The molecule has 6 aromatic carbocycles. The van der Waals surface area contributed by atoms with E-state index in [1.807, 2.05) is 35.2 Å². The zero-order valence-corrected chi connectivity index (χ0v) is 32.4. The summed E-state index contributed by atoms with van der Waals surface area (Å²) in [7, 11) is 0. The topological polar surface area (TPSA) is 74.8 Å². The van der Waals surface area contributed by atoms with E-state index >= 15 is 35.1 Å². The highest BCUT2D eigenvalue weighted by molar-refractivity contribution is 7.20. The predicted octanol–water partition coefficient (Wildman–Crippen LogP) is 10.00. The van der Waals surface area contributed by atoms with Crippen LogP contribution in [0.25, 0.3) is 10.4 Å². The number of hydrogen-bond acceptors (Lipinski definition) is 3. The van der Waals surface area contributed by atoms with Crippen LogP contribution in [0.4, 0.5) is 93.5 Å². The first-order valence-electron chi connectivity index (χ1n) is 18.0. The second kappa shape index (κ2) is 19.2. The number of aromatic nitrogens is 2. The molecule has 0 saturated heterocycles. The monoisotopic (exact) mass is 983 g/mol. The van der Waals surface area contributed by atoms with Crippen LogP contribution < -0.4 is 31.2 Å². The van der Waals surface area contributed by atoms with E-state index in [0.717, 1.165) is 6.54 Å². The lowest BCUT2D eigenvalue weighted by Crippen LogP contribution is -2.81. The quantitative estimate of drug-likeness (QED) is 0.0211. The van der Waals surface area contributed by atoms with Crippen LogP contribution >= 0.6 is 0 Å². The van der Waals surface area contributed by atoms with Crippen molar-refractivity contribution in [3.05, 3.63) is 206 Å². The smallest absolute Gasteiger partial charge is 0.285 e. The molecule has 0 amide bonds. The van der Waals surface area contributed by atoms with Crippen LogP contribution in [0.5, 0.6) is 11.6 Å². The van der Waals surface area contributed by atoms with E-state index in [1.165, 1.54) is 5.56 Å². The Morgan fingerprint density at radius 3 is 1.18 bits per heavy atom. The summed E-state index contributed by atoms with van der Waals surface area (Å²) in [6.45, 7) is 0.735. The lowest BCUT2D eigenvalue weighted by atomic mass is 9.12. The molecule has 0 aliphatic rings. The number of nitrogens with zero attached hydrogens (tertiary/aromatic N) is 5. The van der Waals surface area contributed by atoms with Crippen molar-refractivity contribution in [1.82, 2.24) is 4.98 Å². The van der Waals surface area contributed by atoms with Gasteiger partial charge in [0.05, 0.1) is 6.20 Å². The molecule has 0 radical (unpaired) electrons. The van der Waals surface area contributed by atoms with E-state index in [-0.39, 0.29) is 0 Å². The van der Waals surface area contributed by atoms with Gasteiger partial charge in [0.15, 0.2) is 82.5 Å². The zero-order valence-electron chi connectivity index (χ0n) is 32.4. The second-order valence-electron chi connectivity index (χ2n) is 13.6. The zero-order chi connectivity index (χ0) is 50.3. The van der Waals surface area contributed by atoms with Gasteiger partial charge in [0.2, 0.25) is 6.20 Å². The van der Waals surface area contributed by atoms with Crippen molar-refractivity contribution in [3.8, 4) is 11.6 Å². The van der Waals surface area contributed by atoms with Gasteiger partial charge >= 0.3 is 0 Å². The highest BCUT2D eigenvalue weighted by Crippen LogP contribution is 2.31. The number of azide groups is 1. The molecule has 0 saturated carbocycles. The van der Waals surface area contributed by atoms with Crippen LogP contribution in [-0.4, -0.2) is 11.1 Å². The first-order valence-corrected chi connectivity index (χ1v) is 18.0. The first-order chi connectivity index (χ1) is 32.0. The van der Waals surface area contributed by atoms with Gasteiger partial charge < -0.3 is 4.74 Å². The van der Waals surface area contributed by atoms with Crippen molar-refractivity contribution in [2.45, 2.75) is 6.54 Å². The average molecular weight is 983 g/mol. The molecular formula is C41H14BF20N5O. The molecule has 0 atom stereocenters. The maximum Gasteiger partial charge on any atom is 0.285 e. The Kier molecular flexibility index (Phi) is 14.0. The Bertz CT molecular complexity index is 2830. The SMILES string of the molecule is Fc1c(F)c(F)c([B-](c2c(F)c(F)c(F)c(F)c2F)(c2c(F)c(F)c(F)c(F)c2F)c2c(F)c(F)c(F)c(F)c2F)c(F)c1F.[N-]=[N+]=Nc1cccc(Oc2c[n+](Cc3ccccc3)ccn2)c1. The summed E-state index contributed by atoms with van der Waals surface area (Å²) in [6, 6.07) is 17.1. The third-order valence-electron chi connectivity index (χ3n) is 9.85. The molecule has 7 aromatic rings. The normalized spacial score (nSPS) is 11.3. The van der Waals surface area contributed by atoms with Gasteiger partial charge in [0.1, 0.15) is 58.4 Å². The van der Waals surface area contributed by atoms with Gasteiger partial charge in [-0.2, -0.15) is 4.57 Å². The predicted molar refractivity (Wildman–Crippen MR) is 195 cm³/mol. The summed E-state index contributed by atoms with van der Waals surface area (Å²) < 4.78 is 302. The molecule has 7 rings (SSSR count). The van der Waals surface area contributed by atoms with Gasteiger partial charge in [-0.25, -0.2) is 92.8 Å². The van der Waals surface area contributed by atoms with Crippen molar-refractivity contribution in [2.24, 2.45) is 5.11 Å². The Labute approximate surface area is 364 Å².